The molecule has 208 valence electrons. The van der Waals surface area contributed by atoms with E-state index < -0.39 is 23.9 Å². The van der Waals surface area contributed by atoms with Gasteiger partial charge >= 0.3 is 18.3 Å². The van der Waals surface area contributed by atoms with Crippen LogP contribution in [0.4, 0.5) is 40.0 Å². The molecule has 0 bridgehead atoms. The largest absolute Gasteiger partial charge is 0.465 e. The van der Waals surface area contributed by atoms with Gasteiger partial charge in [-0.05, 0) is 54.1 Å². The van der Waals surface area contributed by atoms with E-state index in [1.807, 2.05) is 0 Å². The number of alkyl halides is 3. The molecule has 0 spiro atoms. The Bertz CT molecular complexity index is 1440. The highest BCUT2D eigenvalue weighted by Crippen LogP contribution is 2.32. The molecule has 3 amide bonds. The molecule has 2 heterocycles. The van der Waals surface area contributed by atoms with Crippen molar-refractivity contribution in [3.8, 4) is 22.4 Å². The van der Waals surface area contributed by atoms with Crippen molar-refractivity contribution in [2.24, 2.45) is 0 Å². The number of hydrogen-bond donors (Lipinski definition) is 5. The molecule has 1 fully saturated rings. The third-order valence-corrected chi connectivity index (χ3v) is 6.07. The van der Waals surface area contributed by atoms with E-state index in [0.717, 1.165) is 24.3 Å². The number of aromatic amines is 1. The van der Waals surface area contributed by atoms with Crippen LogP contribution in [0.25, 0.3) is 22.4 Å². The van der Waals surface area contributed by atoms with Crippen LogP contribution in [0.5, 0.6) is 0 Å². The number of carbonyl (C=O) groups excluding carboxylic acids is 1. The number of aromatic nitrogens is 3. The minimum Gasteiger partial charge on any atom is -0.465 e. The lowest BCUT2D eigenvalue weighted by Crippen LogP contribution is -2.19. The molecular weight excluding hydrogens is 525 g/mol. The van der Waals surface area contributed by atoms with Crippen molar-refractivity contribution >= 4 is 29.3 Å². The molecular formula is C28H27F3N6O3. The molecule has 1 aliphatic rings. The Balaban J connectivity index is 0.000000666. The third kappa shape index (κ3) is 7.82. The average Bonchev–Trinajstić information content (AvgIpc) is 3.64. The second-order valence-electron chi connectivity index (χ2n) is 9.02. The molecule has 1 aliphatic carbocycles. The Morgan fingerprint density at radius 1 is 0.825 bits per heavy atom. The minimum absolute atomic E-state index is 0.150. The van der Waals surface area contributed by atoms with Gasteiger partial charge in [0, 0.05) is 28.7 Å². The molecule has 0 saturated heterocycles. The molecule has 4 aromatic rings. The Labute approximate surface area is 227 Å². The molecule has 5 N–H and O–H groups in total. The van der Waals surface area contributed by atoms with Gasteiger partial charge in [0.1, 0.15) is 5.82 Å². The summed E-state index contributed by atoms with van der Waals surface area (Å²) in [6, 6.07) is 13.5. The van der Waals surface area contributed by atoms with Crippen molar-refractivity contribution in [3.63, 3.8) is 0 Å². The van der Waals surface area contributed by atoms with Crippen molar-refractivity contribution in [1.82, 2.24) is 15.2 Å². The lowest BCUT2D eigenvalue weighted by molar-refractivity contribution is -0.137. The first-order chi connectivity index (χ1) is 19.2. The number of carbonyl (C=O) groups is 2. The quantitative estimate of drug-likeness (QED) is 0.172. The number of hydrogen-bond acceptors (Lipinski definition) is 4. The Kier molecular flexibility index (Phi) is 9.00. The maximum atomic E-state index is 12.7. The topological polar surface area (TPSA) is 132 Å². The summed E-state index contributed by atoms with van der Waals surface area (Å²) in [5.41, 5.74) is 2.43. The minimum atomic E-state index is -4.46. The second-order valence-corrected chi connectivity index (χ2v) is 9.02. The van der Waals surface area contributed by atoms with Crippen LogP contribution >= 0.6 is 0 Å². The zero-order valence-corrected chi connectivity index (χ0v) is 21.3. The summed E-state index contributed by atoms with van der Waals surface area (Å²) in [6.07, 6.45) is 4.83. The number of H-pyrrole nitrogens is 1. The smallest absolute Gasteiger partial charge is 0.416 e. The number of nitrogens with zero attached hydrogens (tertiary/aromatic N) is 2. The van der Waals surface area contributed by atoms with Gasteiger partial charge < -0.3 is 15.7 Å². The molecule has 2 aromatic carbocycles. The lowest BCUT2D eigenvalue weighted by atomic mass is 10.0. The molecule has 0 aliphatic heterocycles. The van der Waals surface area contributed by atoms with Gasteiger partial charge in [-0.3, -0.25) is 10.4 Å². The SMILES string of the molecule is C1CCCC1.O=C(O)Nc1cc(-c2cn[nH]c2-c2cccc(NC(=O)Nc3ccc(C(F)(F)F)cc3)c2)ccn1. The summed E-state index contributed by atoms with van der Waals surface area (Å²) in [5, 5.41) is 23.2. The molecule has 9 nitrogen and oxygen atoms in total. The number of carboxylic acid groups (broad SMARTS) is 1. The van der Waals surface area contributed by atoms with E-state index in [4.69, 9.17) is 5.11 Å². The summed E-state index contributed by atoms with van der Waals surface area (Å²) in [5.74, 6) is 0.150. The van der Waals surface area contributed by atoms with Gasteiger partial charge in [0.25, 0.3) is 0 Å². The molecule has 5 rings (SSSR count). The predicted octanol–water partition coefficient (Wildman–Crippen LogP) is 7.84. The van der Waals surface area contributed by atoms with Crippen molar-refractivity contribution in [3.05, 3.63) is 78.6 Å². The zero-order chi connectivity index (χ0) is 28.5. The van der Waals surface area contributed by atoms with Crippen molar-refractivity contribution in [1.29, 1.82) is 0 Å². The summed E-state index contributed by atoms with van der Waals surface area (Å²) in [7, 11) is 0. The van der Waals surface area contributed by atoms with Crippen LogP contribution in [0, 0.1) is 0 Å². The van der Waals surface area contributed by atoms with E-state index in [9.17, 15) is 22.8 Å². The number of amides is 3. The summed E-state index contributed by atoms with van der Waals surface area (Å²) >= 11 is 0. The Morgan fingerprint density at radius 3 is 2.15 bits per heavy atom. The number of benzene rings is 2. The van der Waals surface area contributed by atoms with Gasteiger partial charge in [-0.15, -0.1) is 0 Å². The maximum absolute atomic E-state index is 12.7. The first-order valence-electron chi connectivity index (χ1n) is 12.5. The first-order valence-corrected chi connectivity index (χ1v) is 12.5. The van der Waals surface area contributed by atoms with Crippen LogP contribution in [-0.2, 0) is 6.18 Å². The number of pyridine rings is 1. The van der Waals surface area contributed by atoms with E-state index in [0.29, 0.717) is 28.1 Å². The third-order valence-electron chi connectivity index (χ3n) is 6.07. The number of halogens is 3. The molecule has 40 heavy (non-hydrogen) atoms. The van der Waals surface area contributed by atoms with E-state index in [1.54, 1.807) is 42.6 Å². The summed E-state index contributed by atoms with van der Waals surface area (Å²) in [4.78, 5) is 27.2. The second kappa shape index (κ2) is 12.8. The van der Waals surface area contributed by atoms with Crippen LogP contribution in [-0.4, -0.2) is 32.4 Å². The molecule has 12 heteroatoms. The number of urea groups is 1. The van der Waals surface area contributed by atoms with E-state index in [-0.39, 0.29) is 11.5 Å². The number of nitrogens with one attached hydrogen (secondary N) is 4. The fourth-order valence-corrected chi connectivity index (χ4v) is 4.17. The zero-order valence-electron chi connectivity index (χ0n) is 21.3. The monoisotopic (exact) mass is 552 g/mol. The van der Waals surface area contributed by atoms with Crippen LogP contribution in [0.3, 0.4) is 0 Å². The molecule has 1 saturated carbocycles. The number of anilines is 3. The van der Waals surface area contributed by atoms with Gasteiger partial charge in [-0.2, -0.15) is 18.3 Å². The fourth-order valence-electron chi connectivity index (χ4n) is 4.17. The standard InChI is InChI=1S/C23H17F3N6O3.C5H10/c24-23(25,26)15-4-6-16(7-5-15)29-21(33)30-17-3-1-2-14(10-17)20-18(12-28-32-20)13-8-9-27-19(11-13)31-22(34)35;1-2-4-5-3-1/h1-12H,(H,27,31)(H,28,32)(H,34,35)(H2,29,30,33);1-5H2. The fraction of sp³-hybridized carbons (Fsp3) is 0.214. The maximum Gasteiger partial charge on any atom is 0.416 e. The summed E-state index contributed by atoms with van der Waals surface area (Å²) in [6.45, 7) is 0. The summed E-state index contributed by atoms with van der Waals surface area (Å²) < 4.78 is 38.1. The molecule has 0 unspecified atom stereocenters. The molecule has 0 atom stereocenters. The lowest BCUT2D eigenvalue weighted by Gasteiger charge is -2.11. The number of rotatable bonds is 5. The Morgan fingerprint density at radius 2 is 1.50 bits per heavy atom. The Hall–Kier alpha value is -4.87. The highest BCUT2D eigenvalue weighted by Gasteiger charge is 2.30. The first kappa shape index (κ1) is 28.1. The van der Waals surface area contributed by atoms with Crippen molar-refractivity contribution in [2.75, 3.05) is 16.0 Å². The van der Waals surface area contributed by atoms with Gasteiger partial charge in [-0.1, -0.05) is 44.2 Å². The molecule has 2 aromatic heterocycles. The molecule has 0 radical (unpaired) electrons. The van der Waals surface area contributed by atoms with Crippen LogP contribution < -0.4 is 16.0 Å². The van der Waals surface area contributed by atoms with Gasteiger partial charge in [-0.25, -0.2) is 14.6 Å². The van der Waals surface area contributed by atoms with Crippen LogP contribution in [0.15, 0.2) is 73.1 Å². The predicted molar refractivity (Wildman–Crippen MR) is 146 cm³/mol. The van der Waals surface area contributed by atoms with Crippen LogP contribution in [0.1, 0.15) is 37.7 Å². The van der Waals surface area contributed by atoms with E-state index in [2.05, 4.69) is 31.1 Å². The van der Waals surface area contributed by atoms with E-state index in [1.165, 1.54) is 38.3 Å². The van der Waals surface area contributed by atoms with Gasteiger partial charge in [0.2, 0.25) is 0 Å². The average molecular weight is 553 g/mol. The highest BCUT2D eigenvalue weighted by molar-refractivity contribution is 6.00. The van der Waals surface area contributed by atoms with Crippen molar-refractivity contribution in [2.45, 2.75) is 38.3 Å². The van der Waals surface area contributed by atoms with Crippen LogP contribution in [0.2, 0.25) is 0 Å². The van der Waals surface area contributed by atoms with Gasteiger partial charge in [0.05, 0.1) is 17.5 Å². The van der Waals surface area contributed by atoms with E-state index >= 15 is 0 Å². The normalized spacial score (nSPS) is 12.7. The van der Waals surface area contributed by atoms with Gasteiger partial charge in [0.15, 0.2) is 0 Å². The van der Waals surface area contributed by atoms with Crippen molar-refractivity contribution < 1.29 is 27.9 Å². The highest BCUT2D eigenvalue weighted by atomic mass is 19.4.